The zero-order valence-corrected chi connectivity index (χ0v) is 24.7. The number of carboxylic acids is 1. The number of rotatable bonds is 8. The minimum absolute atomic E-state index is 0.0917. The van der Waals surface area contributed by atoms with E-state index in [2.05, 4.69) is 24.6 Å². The molecule has 0 spiro atoms. The van der Waals surface area contributed by atoms with Crippen LogP contribution in [0.1, 0.15) is 30.1 Å². The van der Waals surface area contributed by atoms with Crippen molar-refractivity contribution in [3.05, 3.63) is 88.0 Å². The van der Waals surface area contributed by atoms with Gasteiger partial charge in [0.15, 0.2) is 5.82 Å². The van der Waals surface area contributed by atoms with E-state index in [9.17, 15) is 19.1 Å². The van der Waals surface area contributed by atoms with E-state index < -0.39 is 28.3 Å². The van der Waals surface area contributed by atoms with E-state index in [1.54, 1.807) is 16.8 Å². The maximum absolute atomic E-state index is 14.3. The Kier molecular flexibility index (Phi) is 7.43. The Hall–Kier alpha value is -5.02. The second kappa shape index (κ2) is 11.2. The van der Waals surface area contributed by atoms with Crippen molar-refractivity contribution in [3.63, 3.8) is 0 Å². The van der Waals surface area contributed by atoms with Crippen LogP contribution in [0.25, 0.3) is 21.4 Å². The van der Waals surface area contributed by atoms with Crippen LogP contribution in [-0.2, 0) is 0 Å². The second-order valence-electron chi connectivity index (χ2n) is 11.7. The molecule has 0 saturated carbocycles. The van der Waals surface area contributed by atoms with E-state index >= 15 is 0 Å². The minimum atomic E-state index is -1.36. The summed E-state index contributed by atoms with van der Waals surface area (Å²) in [5.41, 5.74) is 0.131. The van der Waals surface area contributed by atoms with Crippen molar-refractivity contribution in [2.75, 3.05) is 50.1 Å². The van der Waals surface area contributed by atoms with Crippen LogP contribution >= 0.6 is 0 Å². The van der Waals surface area contributed by atoms with Crippen molar-refractivity contribution < 1.29 is 19.0 Å². The summed E-state index contributed by atoms with van der Waals surface area (Å²) >= 11 is 0. The fourth-order valence-electron chi connectivity index (χ4n) is 5.98. The minimum Gasteiger partial charge on any atom is -0.477 e. The summed E-state index contributed by atoms with van der Waals surface area (Å²) in [6.07, 6.45) is 5.96. The van der Waals surface area contributed by atoms with Crippen LogP contribution in [0.5, 0.6) is 5.88 Å². The third-order valence-corrected chi connectivity index (χ3v) is 8.66. The molecule has 0 unspecified atom stereocenters. The number of aromatic nitrogens is 3. The number of anilines is 2. The maximum atomic E-state index is 14.3. The molecule has 44 heavy (non-hydrogen) atoms. The van der Waals surface area contributed by atoms with E-state index in [1.165, 1.54) is 30.6 Å². The highest BCUT2D eigenvalue weighted by molar-refractivity contribution is 5.97. The lowest BCUT2D eigenvalue weighted by atomic mass is 9.98. The third kappa shape index (κ3) is 5.09. The molecule has 1 N–H and O–H groups in total. The molecule has 2 aliphatic heterocycles. The number of halogens is 1. The normalized spacial score (nSPS) is 18.5. The summed E-state index contributed by atoms with van der Waals surface area (Å²) in [6.45, 7) is 12.4. The average Bonchev–Trinajstić information content (AvgIpc) is 3.37. The zero-order chi connectivity index (χ0) is 31.2. The second-order valence-corrected chi connectivity index (χ2v) is 11.7. The predicted molar refractivity (Wildman–Crippen MR) is 165 cm³/mol. The molecule has 6 rings (SSSR count). The number of ether oxygens (including phenoxy) is 1. The Bertz CT molecular complexity index is 1850. The Morgan fingerprint density at radius 3 is 2.70 bits per heavy atom. The van der Waals surface area contributed by atoms with Gasteiger partial charge in [-0.05, 0) is 70.3 Å². The first kappa shape index (κ1) is 29.1. The smallest absolute Gasteiger partial charge is 0.341 e. The number of nitrogens with zero attached hydrogens (tertiary/aromatic N) is 7. The van der Waals surface area contributed by atoms with Gasteiger partial charge >= 0.3 is 5.97 Å². The summed E-state index contributed by atoms with van der Waals surface area (Å²) < 4.78 is 21.7. The monoisotopic (exact) mass is 597 g/mol. The molecule has 2 fully saturated rings. The lowest BCUT2D eigenvalue weighted by Gasteiger charge is -2.43. The highest BCUT2D eigenvalue weighted by Gasteiger charge is 2.39. The van der Waals surface area contributed by atoms with Crippen molar-refractivity contribution in [1.29, 1.82) is 0 Å². The summed E-state index contributed by atoms with van der Waals surface area (Å²) in [6, 6.07) is 10.2. The van der Waals surface area contributed by atoms with Crippen molar-refractivity contribution in [1.82, 2.24) is 19.4 Å². The highest BCUT2D eigenvalue weighted by atomic mass is 19.1. The molecule has 0 bridgehead atoms. The van der Waals surface area contributed by atoms with Crippen LogP contribution in [0.15, 0.2) is 59.8 Å². The van der Waals surface area contributed by atoms with Gasteiger partial charge in [-0.3, -0.25) is 4.79 Å². The van der Waals surface area contributed by atoms with Crippen LogP contribution in [-0.4, -0.2) is 82.4 Å². The van der Waals surface area contributed by atoms with Gasteiger partial charge in [-0.2, -0.15) is 0 Å². The van der Waals surface area contributed by atoms with Crippen LogP contribution in [0.3, 0.4) is 0 Å². The van der Waals surface area contributed by atoms with Gasteiger partial charge < -0.3 is 29.1 Å². The Morgan fingerprint density at radius 2 is 2.05 bits per heavy atom. The maximum Gasteiger partial charge on any atom is 0.341 e. The molecule has 1 aromatic carbocycles. The van der Waals surface area contributed by atoms with Gasteiger partial charge in [0.05, 0.1) is 29.5 Å². The van der Waals surface area contributed by atoms with Crippen LogP contribution in [0, 0.1) is 12.4 Å². The topological polar surface area (TPSA) is 108 Å². The molecule has 2 aliphatic rings. The molecule has 5 heterocycles. The first-order valence-corrected chi connectivity index (χ1v) is 14.3. The van der Waals surface area contributed by atoms with E-state index in [-0.39, 0.29) is 23.6 Å². The third-order valence-electron chi connectivity index (χ3n) is 8.66. The van der Waals surface area contributed by atoms with Crippen LogP contribution in [0.4, 0.5) is 21.6 Å². The summed E-state index contributed by atoms with van der Waals surface area (Å²) in [4.78, 5) is 44.2. The summed E-state index contributed by atoms with van der Waals surface area (Å²) in [5, 5.41) is 9.98. The molecule has 0 radical (unpaired) electrons. The molecule has 2 saturated heterocycles. The van der Waals surface area contributed by atoms with Gasteiger partial charge in [0.1, 0.15) is 18.0 Å². The Labute approximate surface area is 253 Å². The standard InChI is InChI=1S/C32H32FN7O4/c1-32(19-44-30-24(33)7-5-11-35-30)10-6-12-40(32)27-14-26-22(13-25(27)34-2)29(41)23(31(42)43)18-39(26)20-8-9-28(36-15-20)38-16-21(17-38)37(3)4/h5,7-9,11,13-15,18,21H,6,10,12,16-17,19H2,1,3-4H3,(H,42,43)/t32-/m0/s1. The number of aromatic carboxylic acids is 1. The predicted octanol–water partition coefficient (Wildman–Crippen LogP) is 4.36. The van der Waals surface area contributed by atoms with Gasteiger partial charge in [0.2, 0.25) is 17.0 Å². The quantitative estimate of drug-likeness (QED) is 0.297. The molecule has 3 aromatic heterocycles. The van der Waals surface area contributed by atoms with Gasteiger partial charge in [-0.15, -0.1) is 0 Å². The Balaban J connectivity index is 1.42. The number of carbonyl (C=O) groups is 1. The zero-order valence-electron chi connectivity index (χ0n) is 24.7. The van der Waals surface area contributed by atoms with E-state index in [4.69, 9.17) is 11.3 Å². The Morgan fingerprint density at radius 1 is 1.25 bits per heavy atom. The fraction of sp³-hybridized carbons (Fsp3) is 0.344. The van der Waals surface area contributed by atoms with E-state index in [1.807, 2.05) is 38.1 Å². The number of hydrogen-bond acceptors (Lipinski definition) is 8. The summed E-state index contributed by atoms with van der Waals surface area (Å²) in [7, 11) is 4.09. The lowest BCUT2D eigenvalue weighted by molar-refractivity contribution is 0.0695. The first-order valence-electron chi connectivity index (χ1n) is 14.3. The molecule has 11 nitrogen and oxygen atoms in total. The number of fused-ring (bicyclic) bond motifs is 1. The first-order chi connectivity index (χ1) is 21.1. The fourth-order valence-corrected chi connectivity index (χ4v) is 5.98. The lowest BCUT2D eigenvalue weighted by Crippen LogP contribution is -2.57. The SMILES string of the molecule is [C-]#[N+]c1cc2c(=O)c(C(=O)O)cn(-c3ccc(N4CC(N(C)C)C4)nc3)c2cc1N1CCC[C@@]1(C)COc1ncccc1F. The number of carboxylic acid groups (broad SMARTS) is 1. The molecule has 226 valence electrons. The van der Waals surface area contributed by atoms with Crippen molar-refractivity contribution >= 4 is 34.1 Å². The molecule has 12 heteroatoms. The van der Waals surface area contributed by atoms with Crippen molar-refractivity contribution in [2.45, 2.75) is 31.3 Å². The molecule has 0 amide bonds. The van der Waals surface area contributed by atoms with Gasteiger partial charge in [-0.1, -0.05) is 0 Å². The van der Waals surface area contributed by atoms with E-state index in [0.29, 0.717) is 29.5 Å². The number of likely N-dealkylation sites (N-methyl/N-ethyl adjacent to an activating group) is 1. The van der Waals surface area contributed by atoms with Gasteiger partial charge in [0, 0.05) is 49.1 Å². The average molecular weight is 598 g/mol. The number of benzene rings is 1. The molecule has 0 aliphatic carbocycles. The molecule has 1 atom stereocenters. The number of hydrogen-bond donors (Lipinski definition) is 1. The van der Waals surface area contributed by atoms with Crippen LogP contribution in [0.2, 0.25) is 0 Å². The van der Waals surface area contributed by atoms with Crippen molar-refractivity contribution in [3.8, 4) is 11.6 Å². The molecular weight excluding hydrogens is 565 g/mol. The van der Waals surface area contributed by atoms with E-state index in [0.717, 1.165) is 31.7 Å². The van der Waals surface area contributed by atoms with Gasteiger partial charge in [0.25, 0.3) is 0 Å². The van der Waals surface area contributed by atoms with Gasteiger partial charge in [-0.25, -0.2) is 24.0 Å². The van der Waals surface area contributed by atoms with Crippen LogP contribution < -0.4 is 20.0 Å². The van der Waals surface area contributed by atoms with Crippen molar-refractivity contribution in [2.24, 2.45) is 0 Å². The molecule has 4 aromatic rings. The summed E-state index contributed by atoms with van der Waals surface area (Å²) in [5.74, 6) is -1.20. The largest absolute Gasteiger partial charge is 0.477 e. The molecular formula is C32H32FN7O4. The highest BCUT2D eigenvalue weighted by Crippen LogP contribution is 2.42. The number of pyridine rings is 3.